The van der Waals surface area contributed by atoms with E-state index in [2.05, 4.69) is 9.97 Å². The topological polar surface area (TPSA) is 28.7 Å². The van der Waals surface area contributed by atoms with E-state index >= 15 is 0 Å². The molecule has 0 aliphatic heterocycles. The zero-order valence-electron chi connectivity index (χ0n) is 4.42. The molecule has 0 aliphatic carbocycles. The molecule has 0 saturated heterocycles. The van der Waals surface area contributed by atoms with Gasteiger partial charge in [0.2, 0.25) is 0 Å². The lowest BCUT2D eigenvalue weighted by molar-refractivity contribution is 1.06. The highest BCUT2D eigenvalue weighted by molar-refractivity contribution is 14.0. The summed E-state index contributed by atoms with van der Waals surface area (Å²) in [5.74, 6) is 0. The van der Waals surface area contributed by atoms with E-state index in [0.29, 0.717) is 0 Å². The zero-order valence-corrected chi connectivity index (χ0v) is 7.57. The Hall–Kier alpha value is 0.290. The average Bonchev–Trinajstić information content (AvgIpc) is 2.14. The first-order valence-corrected chi connectivity index (χ1v) is 3.19. The van der Waals surface area contributed by atoms with E-state index in [1.54, 1.807) is 18.0 Å². The highest BCUT2D eigenvalue weighted by atomic mass is 127. The van der Waals surface area contributed by atoms with E-state index in [4.69, 9.17) is 0 Å². The molecule has 1 N–H and O–H groups in total. The fourth-order valence-corrected chi connectivity index (χ4v) is 0.715. The molecular formula is C4H9IN2S. The molecule has 1 aromatic heterocycles. The molecule has 1 heterocycles. The maximum atomic E-state index is 3.94. The average molecular weight is 244 g/mol. The normalized spacial score (nSPS) is 8.12. The number of nitrogens with zero attached hydrogens (tertiary/aromatic N) is 1. The molecule has 0 spiro atoms. The SMILES string of the molecule is CSc1ncc[nH]1.I.[HH]. The predicted octanol–water partition coefficient (Wildman–Crippen LogP) is 2.00. The molecule has 1 rings (SSSR count). The number of aromatic amines is 1. The second-order valence-electron chi connectivity index (χ2n) is 1.10. The van der Waals surface area contributed by atoms with Crippen molar-refractivity contribution in [1.82, 2.24) is 9.97 Å². The number of imidazole rings is 1. The number of H-pyrrole nitrogens is 1. The van der Waals surface area contributed by atoms with Crippen LogP contribution in [0, 0.1) is 0 Å². The molecule has 4 heteroatoms. The summed E-state index contributed by atoms with van der Waals surface area (Å²) in [7, 11) is 0. The van der Waals surface area contributed by atoms with Crippen LogP contribution in [0.25, 0.3) is 0 Å². The number of aromatic nitrogens is 2. The molecule has 2 nitrogen and oxygen atoms in total. The van der Waals surface area contributed by atoms with Gasteiger partial charge in [-0.2, -0.15) is 0 Å². The summed E-state index contributed by atoms with van der Waals surface area (Å²) < 4.78 is 0. The van der Waals surface area contributed by atoms with Crippen LogP contribution in [0.15, 0.2) is 17.6 Å². The number of hydrogen-bond donors (Lipinski definition) is 1. The van der Waals surface area contributed by atoms with Crippen molar-refractivity contribution in [3.05, 3.63) is 12.4 Å². The van der Waals surface area contributed by atoms with Gasteiger partial charge in [0.25, 0.3) is 0 Å². The molecule has 0 fully saturated rings. The van der Waals surface area contributed by atoms with Gasteiger partial charge < -0.3 is 4.98 Å². The Kier molecular flexibility index (Phi) is 4.35. The quantitative estimate of drug-likeness (QED) is 0.604. The molecular weight excluding hydrogens is 235 g/mol. The summed E-state index contributed by atoms with van der Waals surface area (Å²) in [4.78, 5) is 6.88. The Bertz CT molecular complexity index is 133. The standard InChI is InChI=1S/C4H6N2S.HI.H2/c1-7-4-5-2-3-6-4;;/h2-3H,1H3,(H,5,6);2*1H. The van der Waals surface area contributed by atoms with Crippen molar-refractivity contribution in [2.45, 2.75) is 5.16 Å². The van der Waals surface area contributed by atoms with Gasteiger partial charge in [-0.3, -0.25) is 0 Å². The van der Waals surface area contributed by atoms with Crippen LogP contribution in [-0.4, -0.2) is 16.2 Å². The van der Waals surface area contributed by atoms with Gasteiger partial charge in [-0.15, -0.1) is 24.0 Å². The van der Waals surface area contributed by atoms with E-state index < -0.39 is 0 Å². The summed E-state index contributed by atoms with van der Waals surface area (Å²) >= 11 is 1.61. The van der Waals surface area contributed by atoms with Crippen molar-refractivity contribution in [2.75, 3.05) is 6.26 Å². The van der Waals surface area contributed by atoms with Crippen molar-refractivity contribution in [1.29, 1.82) is 0 Å². The lowest BCUT2D eigenvalue weighted by Crippen LogP contribution is -1.66. The minimum atomic E-state index is 0. The Balaban J connectivity index is 0. The van der Waals surface area contributed by atoms with Gasteiger partial charge in [-0.25, -0.2) is 4.98 Å². The number of hydrogen-bond acceptors (Lipinski definition) is 2. The van der Waals surface area contributed by atoms with E-state index in [0.717, 1.165) is 5.16 Å². The minimum absolute atomic E-state index is 0. The Morgan fingerprint density at radius 1 is 1.88 bits per heavy atom. The van der Waals surface area contributed by atoms with Gasteiger partial charge in [-0.05, 0) is 6.26 Å². The smallest absolute Gasteiger partial charge is 0.164 e. The summed E-state index contributed by atoms with van der Waals surface area (Å²) in [6.07, 6.45) is 5.54. The summed E-state index contributed by atoms with van der Waals surface area (Å²) in [6, 6.07) is 0. The largest absolute Gasteiger partial charge is 0.340 e. The summed E-state index contributed by atoms with van der Waals surface area (Å²) in [5.41, 5.74) is 0. The van der Waals surface area contributed by atoms with Gasteiger partial charge >= 0.3 is 0 Å². The van der Waals surface area contributed by atoms with Crippen molar-refractivity contribution in [3.8, 4) is 0 Å². The van der Waals surface area contributed by atoms with Crippen LogP contribution in [0.1, 0.15) is 1.43 Å². The van der Waals surface area contributed by atoms with Crippen molar-refractivity contribution < 1.29 is 1.43 Å². The maximum Gasteiger partial charge on any atom is 0.164 e. The molecule has 0 unspecified atom stereocenters. The molecule has 48 valence electrons. The number of halogens is 1. The lowest BCUT2D eigenvalue weighted by Gasteiger charge is -1.79. The molecule has 8 heavy (non-hydrogen) atoms. The molecule has 0 amide bonds. The van der Waals surface area contributed by atoms with E-state index in [1.165, 1.54) is 0 Å². The third-order valence-electron chi connectivity index (χ3n) is 0.666. The van der Waals surface area contributed by atoms with Crippen LogP contribution < -0.4 is 0 Å². The van der Waals surface area contributed by atoms with Crippen LogP contribution in [-0.2, 0) is 0 Å². The monoisotopic (exact) mass is 244 g/mol. The van der Waals surface area contributed by atoms with E-state index in [-0.39, 0.29) is 25.4 Å². The number of nitrogens with one attached hydrogen (secondary N) is 1. The lowest BCUT2D eigenvalue weighted by atomic mass is 11.0. The van der Waals surface area contributed by atoms with Crippen LogP contribution >= 0.6 is 35.7 Å². The van der Waals surface area contributed by atoms with Crippen LogP contribution in [0.5, 0.6) is 0 Å². The molecule has 1 aromatic rings. The molecule has 0 radical (unpaired) electrons. The van der Waals surface area contributed by atoms with E-state index in [1.807, 2.05) is 12.5 Å². The third kappa shape index (κ3) is 2.04. The Morgan fingerprint density at radius 2 is 2.62 bits per heavy atom. The maximum absolute atomic E-state index is 3.94. The van der Waals surface area contributed by atoms with Gasteiger partial charge in [0, 0.05) is 13.8 Å². The molecule has 0 aromatic carbocycles. The summed E-state index contributed by atoms with van der Waals surface area (Å²) in [6.45, 7) is 0. The van der Waals surface area contributed by atoms with Crippen LogP contribution in [0.4, 0.5) is 0 Å². The molecule has 0 saturated carbocycles. The molecule has 0 aliphatic rings. The van der Waals surface area contributed by atoms with Gasteiger partial charge in [-0.1, -0.05) is 11.8 Å². The first-order valence-electron chi connectivity index (χ1n) is 1.97. The third-order valence-corrected chi connectivity index (χ3v) is 1.28. The number of thioether (sulfide) groups is 1. The van der Waals surface area contributed by atoms with Crippen LogP contribution in [0.2, 0.25) is 0 Å². The van der Waals surface area contributed by atoms with Crippen LogP contribution in [0.3, 0.4) is 0 Å². The van der Waals surface area contributed by atoms with Gasteiger partial charge in [0.05, 0.1) is 0 Å². The zero-order chi connectivity index (χ0) is 5.11. The highest BCUT2D eigenvalue weighted by Crippen LogP contribution is 2.03. The van der Waals surface area contributed by atoms with Crippen molar-refractivity contribution in [2.24, 2.45) is 0 Å². The molecule has 0 bridgehead atoms. The minimum Gasteiger partial charge on any atom is -0.340 e. The highest BCUT2D eigenvalue weighted by Gasteiger charge is 1.83. The second-order valence-corrected chi connectivity index (χ2v) is 1.89. The molecule has 0 atom stereocenters. The predicted molar refractivity (Wildman–Crippen MR) is 47.9 cm³/mol. The van der Waals surface area contributed by atoms with Crippen molar-refractivity contribution >= 4 is 35.7 Å². The Labute approximate surface area is 71.0 Å². The first-order chi connectivity index (χ1) is 3.43. The summed E-state index contributed by atoms with van der Waals surface area (Å²) in [5, 5.41) is 0.972. The number of rotatable bonds is 1. The fraction of sp³-hybridized carbons (Fsp3) is 0.250. The fourth-order valence-electron chi connectivity index (χ4n) is 0.362. The second kappa shape index (κ2) is 4.20. The van der Waals surface area contributed by atoms with E-state index in [9.17, 15) is 0 Å². The van der Waals surface area contributed by atoms with Gasteiger partial charge in [0.1, 0.15) is 0 Å². The Morgan fingerprint density at radius 3 is 2.88 bits per heavy atom. The van der Waals surface area contributed by atoms with Crippen molar-refractivity contribution in [3.63, 3.8) is 0 Å². The first kappa shape index (κ1) is 8.29. The van der Waals surface area contributed by atoms with Gasteiger partial charge in [0.15, 0.2) is 5.16 Å².